The Labute approximate surface area is 120 Å². The number of rotatable bonds is 5. The van der Waals surface area contributed by atoms with Crippen molar-refractivity contribution >= 4 is 24.7 Å². The molecule has 0 saturated heterocycles. The Bertz CT molecular complexity index is 539. The highest BCUT2D eigenvalue weighted by molar-refractivity contribution is 6.98. The highest BCUT2D eigenvalue weighted by atomic mass is 28.4. The van der Waals surface area contributed by atoms with Gasteiger partial charge < -0.3 is 4.43 Å². The van der Waals surface area contributed by atoms with Gasteiger partial charge in [0.05, 0.1) is 0 Å². The van der Waals surface area contributed by atoms with Crippen molar-refractivity contribution in [2.24, 2.45) is 0 Å². The SMILES string of the molecule is C=CC[Si](OC(C)=O)(c1ccccc1)c1ccccc1. The van der Waals surface area contributed by atoms with E-state index in [1.807, 2.05) is 66.7 Å². The summed E-state index contributed by atoms with van der Waals surface area (Å²) < 4.78 is 5.88. The van der Waals surface area contributed by atoms with Crippen LogP contribution in [-0.4, -0.2) is 14.3 Å². The molecule has 0 amide bonds. The normalized spacial score (nSPS) is 10.8. The summed E-state index contributed by atoms with van der Waals surface area (Å²) in [4.78, 5) is 11.7. The van der Waals surface area contributed by atoms with Crippen LogP contribution in [0.3, 0.4) is 0 Å². The third kappa shape index (κ3) is 2.88. The molecular weight excluding hydrogens is 264 g/mol. The van der Waals surface area contributed by atoms with Crippen LogP contribution in [0.15, 0.2) is 73.3 Å². The molecule has 0 N–H and O–H groups in total. The van der Waals surface area contributed by atoms with Crippen molar-refractivity contribution in [3.63, 3.8) is 0 Å². The van der Waals surface area contributed by atoms with E-state index in [4.69, 9.17) is 4.43 Å². The highest BCUT2D eigenvalue weighted by Gasteiger charge is 2.41. The Morgan fingerprint density at radius 1 is 1.05 bits per heavy atom. The summed E-state index contributed by atoms with van der Waals surface area (Å²) in [6.07, 6.45) is 1.84. The molecule has 0 heterocycles. The molecule has 0 atom stereocenters. The first kappa shape index (κ1) is 14.3. The first-order valence-corrected chi connectivity index (χ1v) is 8.72. The summed E-state index contributed by atoms with van der Waals surface area (Å²) in [7, 11) is -2.58. The topological polar surface area (TPSA) is 26.3 Å². The van der Waals surface area contributed by atoms with Crippen LogP contribution in [0.1, 0.15) is 6.92 Å². The largest absolute Gasteiger partial charge is 0.510 e. The van der Waals surface area contributed by atoms with Crippen LogP contribution in [0, 0.1) is 0 Å². The van der Waals surface area contributed by atoms with Gasteiger partial charge in [-0.05, 0) is 10.4 Å². The second-order valence-corrected chi connectivity index (χ2v) is 8.07. The molecule has 2 rings (SSSR count). The van der Waals surface area contributed by atoms with Crippen molar-refractivity contribution in [1.82, 2.24) is 0 Å². The molecule has 0 spiro atoms. The fourth-order valence-corrected chi connectivity index (χ4v) is 5.91. The number of allylic oxidation sites excluding steroid dienone is 1. The Morgan fingerprint density at radius 2 is 1.50 bits per heavy atom. The Balaban J connectivity index is 2.62. The molecule has 0 aliphatic carbocycles. The quantitative estimate of drug-likeness (QED) is 0.622. The molecule has 0 unspecified atom stereocenters. The standard InChI is InChI=1S/C17H18O2Si/c1-3-14-20(19-15(2)18,16-10-6-4-7-11-16)17-12-8-5-9-13-17/h3-13H,1,14H2,2H3. The van der Waals surface area contributed by atoms with Crippen molar-refractivity contribution in [3.05, 3.63) is 73.3 Å². The maximum Gasteiger partial charge on any atom is 0.322 e. The van der Waals surface area contributed by atoms with Gasteiger partial charge in [-0.1, -0.05) is 66.7 Å². The average Bonchev–Trinajstić information content (AvgIpc) is 2.48. The minimum absolute atomic E-state index is 0.244. The van der Waals surface area contributed by atoms with E-state index in [1.165, 1.54) is 6.92 Å². The number of hydrogen-bond donors (Lipinski definition) is 0. The van der Waals surface area contributed by atoms with Gasteiger partial charge in [0, 0.05) is 13.0 Å². The molecule has 0 saturated carbocycles. The van der Waals surface area contributed by atoms with Gasteiger partial charge in [-0.15, -0.1) is 6.58 Å². The summed E-state index contributed by atoms with van der Waals surface area (Å²) in [5.74, 6) is -0.244. The Hall–Kier alpha value is -2.13. The number of carbonyl (C=O) groups is 1. The molecule has 0 aliphatic heterocycles. The predicted octanol–water partition coefficient (Wildman–Crippen LogP) is 2.50. The van der Waals surface area contributed by atoms with Crippen LogP contribution >= 0.6 is 0 Å². The third-order valence-electron chi connectivity index (χ3n) is 3.23. The van der Waals surface area contributed by atoms with Gasteiger partial charge in [-0.3, -0.25) is 4.79 Å². The van der Waals surface area contributed by atoms with Crippen LogP contribution in [-0.2, 0) is 9.22 Å². The van der Waals surface area contributed by atoms with Crippen molar-refractivity contribution in [2.45, 2.75) is 13.0 Å². The van der Waals surface area contributed by atoms with Gasteiger partial charge in [-0.25, -0.2) is 0 Å². The summed E-state index contributed by atoms with van der Waals surface area (Å²) in [6, 6.07) is 20.7. The van der Waals surface area contributed by atoms with E-state index in [2.05, 4.69) is 6.58 Å². The zero-order chi connectivity index (χ0) is 14.4. The summed E-state index contributed by atoms with van der Waals surface area (Å²) >= 11 is 0. The minimum Gasteiger partial charge on any atom is -0.510 e. The minimum atomic E-state index is -2.58. The molecule has 2 aromatic rings. The first-order valence-electron chi connectivity index (χ1n) is 6.60. The van der Waals surface area contributed by atoms with Crippen molar-refractivity contribution in [1.29, 1.82) is 0 Å². The van der Waals surface area contributed by atoms with Gasteiger partial charge in [0.15, 0.2) is 0 Å². The van der Waals surface area contributed by atoms with E-state index in [-0.39, 0.29) is 5.97 Å². The summed E-state index contributed by atoms with van der Waals surface area (Å²) in [6.45, 7) is 5.32. The molecule has 0 aliphatic rings. The fourth-order valence-electron chi connectivity index (χ4n) is 2.43. The molecule has 0 bridgehead atoms. The van der Waals surface area contributed by atoms with Crippen LogP contribution < -0.4 is 10.4 Å². The number of hydrogen-bond acceptors (Lipinski definition) is 2. The predicted molar refractivity (Wildman–Crippen MR) is 84.7 cm³/mol. The van der Waals surface area contributed by atoms with Crippen LogP contribution in [0.4, 0.5) is 0 Å². The van der Waals surface area contributed by atoms with E-state index < -0.39 is 8.32 Å². The molecule has 3 heteroatoms. The summed E-state index contributed by atoms with van der Waals surface area (Å²) in [5, 5.41) is 2.17. The lowest BCUT2D eigenvalue weighted by Gasteiger charge is -2.30. The second kappa shape index (κ2) is 6.35. The van der Waals surface area contributed by atoms with Gasteiger partial charge in [0.25, 0.3) is 5.97 Å². The van der Waals surface area contributed by atoms with Gasteiger partial charge in [-0.2, -0.15) is 0 Å². The lowest BCUT2D eigenvalue weighted by molar-refractivity contribution is -0.132. The second-order valence-electron chi connectivity index (χ2n) is 4.65. The van der Waals surface area contributed by atoms with Crippen molar-refractivity contribution in [2.75, 3.05) is 0 Å². The lowest BCUT2D eigenvalue weighted by atomic mass is 10.4. The van der Waals surface area contributed by atoms with E-state index in [0.29, 0.717) is 6.04 Å². The van der Waals surface area contributed by atoms with Gasteiger partial charge >= 0.3 is 8.32 Å². The van der Waals surface area contributed by atoms with Gasteiger partial charge in [0.1, 0.15) is 0 Å². The lowest BCUT2D eigenvalue weighted by Crippen LogP contribution is -2.61. The zero-order valence-electron chi connectivity index (χ0n) is 11.6. The fraction of sp³-hybridized carbons (Fsp3) is 0.118. The van der Waals surface area contributed by atoms with Gasteiger partial charge in [0.2, 0.25) is 0 Å². The van der Waals surface area contributed by atoms with E-state index in [9.17, 15) is 4.79 Å². The van der Waals surface area contributed by atoms with E-state index in [0.717, 1.165) is 10.4 Å². The average molecular weight is 282 g/mol. The third-order valence-corrected chi connectivity index (χ3v) is 7.26. The van der Waals surface area contributed by atoms with Crippen LogP contribution in [0.2, 0.25) is 6.04 Å². The molecule has 20 heavy (non-hydrogen) atoms. The molecule has 0 radical (unpaired) electrons. The maximum absolute atomic E-state index is 11.7. The Kier molecular flexibility index (Phi) is 4.53. The number of carbonyl (C=O) groups excluding carboxylic acids is 1. The molecule has 0 fully saturated rings. The molecule has 2 aromatic carbocycles. The van der Waals surface area contributed by atoms with Crippen molar-refractivity contribution < 1.29 is 9.22 Å². The van der Waals surface area contributed by atoms with Crippen LogP contribution in [0.25, 0.3) is 0 Å². The molecule has 0 aromatic heterocycles. The summed E-state index contributed by atoms with van der Waals surface area (Å²) in [5.41, 5.74) is 0. The molecule has 102 valence electrons. The zero-order valence-corrected chi connectivity index (χ0v) is 12.6. The highest BCUT2D eigenvalue weighted by Crippen LogP contribution is 2.14. The smallest absolute Gasteiger partial charge is 0.322 e. The van der Waals surface area contributed by atoms with E-state index >= 15 is 0 Å². The number of benzene rings is 2. The molecule has 2 nitrogen and oxygen atoms in total. The first-order chi connectivity index (χ1) is 9.69. The molecular formula is C17H18O2Si. The van der Waals surface area contributed by atoms with Crippen LogP contribution in [0.5, 0.6) is 0 Å². The van der Waals surface area contributed by atoms with Crippen molar-refractivity contribution in [3.8, 4) is 0 Å². The Morgan fingerprint density at radius 3 is 1.85 bits per heavy atom. The maximum atomic E-state index is 11.7. The van der Waals surface area contributed by atoms with E-state index in [1.54, 1.807) is 0 Å². The monoisotopic (exact) mass is 282 g/mol.